The van der Waals surface area contributed by atoms with Gasteiger partial charge in [-0.2, -0.15) is 0 Å². The molecule has 0 aromatic carbocycles. The van der Waals surface area contributed by atoms with E-state index in [1.165, 1.54) is 95.9 Å². The number of carbonyl (C=O) groups is 2. The highest BCUT2D eigenvalue weighted by Crippen LogP contribution is 2.17. The quantitative estimate of drug-likeness (QED) is 0.233. The van der Waals surface area contributed by atoms with Crippen LogP contribution in [0, 0.1) is 5.41 Å². The van der Waals surface area contributed by atoms with Gasteiger partial charge in [0, 0.05) is 0 Å². The molecule has 0 aromatic heterocycles. The van der Waals surface area contributed by atoms with Crippen LogP contribution in [0.15, 0.2) is 0 Å². The largest absolute Gasteiger partial charge is 0.549 e. The van der Waals surface area contributed by atoms with Crippen LogP contribution in [0.3, 0.4) is 0 Å². The maximum absolute atomic E-state index is 10.9. The lowest BCUT2D eigenvalue weighted by Crippen LogP contribution is -2.50. The fraction of sp³-hybridized carbons (Fsp3) is 0.913. The minimum atomic E-state index is -1.55. The molecule has 0 aliphatic heterocycles. The number of unbranched alkanes of at least 4 members (excludes halogenated alkanes) is 4. The standard InChI is InChI=1S/C16H36N.C7H12O4/c1-5-9-13-17(14-10-6-2,15-11-7-3)16-12-8-4;1-4-11-6(10)7(2,3)5(8)9/h5-16H2,1-4H3;4H2,1-3H3,(H,8,9)/q+1;/p-1. The zero-order valence-corrected chi connectivity index (χ0v) is 19.8. The summed E-state index contributed by atoms with van der Waals surface area (Å²) in [5.41, 5.74) is -1.55. The van der Waals surface area contributed by atoms with Crippen LogP contribution in [0.2, 0.25) is 0 Å². The Morgan fingerprint density at radius 3 is 1.29 bits per heavy atom. The van der Waals surface area contributed by atoms with Crippen LogP contribution in [-0.4, -0.2) is 49.2 Å². The minimum Gasteiger partial charge on any atom is -0.549 e. The molecule has 0 unspecified atom stereocenters. The van der Waals surface area contributed by atoms with Gasteiger partial charge in [-0.1, -0.05) is 53.4 Å². The van der Waals surface area contributed by atoms with E-state index in [-0.39, 0.29) is 6.61 Å². The van der Waals surface area contributed by atoms with E-state index in [9.17, 15) is 14.7 Å². The summed E-state index contributed by atoms with van der Waals surface area (Å²) >= 11 is 0. The second-order valence-corrected chi connectivity index (χ2v) is 8.28. The molecule has 0 atom stereocenters. The zero-order chi connectivity index (χ0) is 22.1. The molecule has 0 N–H and O–H groups in total. The van der Waals surface area contributed by atoms with Crippen LogP contribution in [0.25, 0.3) is 0 Å². The predicted octanol–water partition coefficient (Wildman–Crippen LogP) is 4.33. The van der Waals surface area contributed by atoms with Crippen LogP contribution in [0.1, 0.15) is 99.8 Å². The molecule has 0 aliphatic rings. The molecule has 5 heteroatoms. The van der Waals surface area contributed by atoms with Gasteiger partial charge < -0.3 is 19.1 Å². The maximum atomic E-state index is 10.9. The van der Waals surface area contributed by atoms with Crippen molar-refractivity contribution in [2.75, 3.05) is 32.8 Å². The summed E-state index contributed by atoms with van der Waals surface area (Å²) in [6, 6.07) is 0. The number of aliphatic carboxylic acids is 1. The molecule has 0 aromatic rings. The Bertz CT molecular complexity index is 370. The number of rotatable bonds is 15. The fourth-order valence-corrected chi connectivity index (χ4v) is 3.04. The van der Waals surface area contributed by atoms with E-state index in [0.29, 0.717) is 0 Å². The van der Waals surface area contributed by atoms with Crippen LogP contribution in [-0.2, 0) is 14.3 Å². The highest BCUT2D eigenvalue weighted by atomic mass is 16.5. The third kappa shape index (κ3) is 12.4. The Morgan fingerprint density at radius 1 is 0.750 bits per heavy atom. The first kappa shape index (κ1) is 29.1. The summed E-state index contributed by atoms with van der Waals surface area (Å²) < 4.78 is 5.93. The van der Waals surface area contributed by atoms with E-state index < -0.39 is 17.4 Å². The van der Waals surface area contributed by atoms with Gasteiger partial charge in [0.15, 0.2) is 0 Å². The summed E-state index contributed by atoms with van der Waals surface area (Å²) in [7, 11) is 0. The fourth-order valence-electron chi connectivity index (χ4n) is 3.04. The second kappa shape index (κ2) is 16.8. The number of hydrogen-bond acceptors (Lipinski definition) is 4. The lowest BCUT2D eigenvalue weighted by Gasteiger charge is -2.39. The number of hydrogen-bond donors (Lipinski definition) is 0. The van der Waals surface area contributed by atoms with Crippen molar-refractivity contribution >= 4 is 11.9 Å². The summed E-state index contributed by atoms with van der Waals surface area (Å²) in [5.74, 6) is -2.18. The summed E-state index contributed by atoms with van der Waals surface area (Å²) in [6.45, 7) is 19.3. The predicted molar refractivity (Wildman–Crippen MR) is 115 cm³/mol. The van der Waals surface area contributed by atoms with Gasteiger partial charge in [-0.3, -0.25) is 4.79 Å². The van der Waals surface area contributed by atoms with Crippen molar-refractivity contribution in [1.82, 2.24) is 0 Å². The van der Waals surface area contributed by atoms with Gasteiger partial charge in [0.1, 0.15) is 5.41 Å². The Hall–Kier alpha value is -1.10. The molecule has 0 saturated carbocycles. The molecule has 0 bridgehead atoms. The molecular weight excluding hydrogens is 354 g/mol. The third-order valence-corrected chi connectivity index (χ3v) is 5.24. The normalized spacial score (nSPS) is 11.5. The van der Waals surface area contributed by atoms with Crippen LogP contribution < -0.4 is 5.11 Å². The molecule has 0 heterocycles. The van der Waals surface area contributed by atoms with Crippen LogP contribution in [0.5, 0.6) is 0 Å². The lowest BCUT2D eigenvalue weighted by atomic mass is 9.94. The molecule has 0 spiro atoms. The van der Waals surface area contributed by atoms with E-state index in [4.69, 9.17) is 0 Å². The van der Waals surface area contributed by atoms with Gasteiger partial charge >= 0.3 is 5.97 Å². The first-order valence-corrected chi connectivity index (χ1v) is 11.4. The first-order chi connectivity index (χ1) is 13.2. The van der Waals surface area contributed by atoms with Crippen LogP contribution in [0.4, 0.5) is 0 Å². The van der Waals surface area contributed by atoms with Gasteiger partial charge in [0.05, 0.1) is 38.8 Å². The molecule has 0 aliphatic carbocycles. The monoisotopic (exact) mass is 401 g/mol. The maximum Gasteiger partial charge on any atom is 0.317 e. The second-order valence-electron chi connectivity index (χ2n) is 8.28. The summed E-state index contributed by atoms with van der Waals surface area (Å²) in [6.07, 6.45) is 11.1. The molecule has 28 heavy (non-hydrogen) atoms. The molecule has 0 fully saturated rings. The zero-order valence-electron chi connectivity index (χ0n) is 19.8. The van der Waals surface area contributed by atoms with Crippen molar-refractivity contribution in [2.24, 2.45) is 5.41 Å². The molecule has 0 amide bonds. The number of nitrogens with zero attached hydrogens (tertiary/aromatic N) is 1. The number of carboxylic acid groups (broad SMARTS) is 1. The number of carbonyl (C=O) groups excluding carboxylic acids is 2. The van der Waals surface area contributed by atoms with Gasteiger partial charge in [-0.05, 0) is 46.5 Å². The van der Waals surface area contributed by atoms with Gasteiger partial charge in [0.2, 0.25) is 0 Å². The third-order valence-electron chi connectivity index (χ3n) is 5.24. The van der Waals surface area contributed by atoms with E-state index >= 15 is 0 Å². The Balaban J connectivity index is 0. The summed E-state index contributed by atoms with van der Waals surface area (Å²) in [4.78, 5) is 21.2. The average Bonchev–Trinajstić information content (AvgIpc) is 2.67. The van der Waals surface area contributed by atoms with Crippen molar-refractivity contribution in [3.05, 3.63) is 0 Å². The average molecular weight is 402 g/mol. The van der Waals surface area contributed by atoms with Crippen molar-refractivity contribution in [2.45, 2.75) is 99.8 Å². The number of esters is 1. The molecule has 0 rings (SSSR count). The number of carboxylic acids is 1. The SMILES string of the molecule is CCCC[N+](CCCC)(CCCC)CCCC.CCOC(=O)C(C)(C)C(=O)[O-]. The minimum absolute atomic E-state index is 0.176. The number of ether oxygens (including phenoxy) is 1. The highest BCUT2D eigenvalue weighted by molar-refractivity contribution is 5.97. The van der Waals surface area contributed by atoms with Crippen molar-refractivity contribution in [3.8, 4) is 0 Å². The highest BCUT2D eigenvalue weighted by Gasteiger charge is 2.30. The van der Waals surface area contributed by atoms with Gasteiger partial charge in [-0.15, -0.1) is 0 Å². The lowest BCUT2D eigenvalue weighted by molar-refractivity contribution is -0.929. The molecule has 0 radical (unpaired) electrons. The van der Waals surface area contributed by atoms with Crippen molar-refractivity contribution in [3.63, 3.8) is 0 Å². The Kier molecular flexibility index (Phi) is 17.5. The number of quaternary nitrogens is 1. The smallest absolute Gasteiger partial charge is 0.317 e. The van der Waals surface area contributed by atoms with E-state index in [1.54, 1.807) is 6.92 Å². The Morgan fingerprint density at radius 2 is 1.07 bits per heavy atom. The summed E-state index contributed by atoms with van der Waals surface area (Å²) in [5, 5.41) is 10.3. The van der Waals surface area contributed by atoms with Crippen molar-refractivity contribution in [1.29, 1.82) is 0 Å². The van der Waals surface area contributed by atoms with Crippen molar-refractivity contribution < 1.29 is 23.9 Å². The Labute approximate surface area is 174 Å². The first-order valence-electron chi connectivity index (χ1n) is 11.4. The van der Waals surface area contributed by atoms with E-state index in [0.717, 1.165) is 0 Å². The molecule has 168 valence electrons. The van der Waals surface area contributed by atoms with E-state index in [1.807, 2.05) is 0 Å². The van der Waals surface area contributed by atoms with Gasteiger partial charge in [-0.25, -0.2) is 0 Å². The van der Waals surface area contributed by atoms with E-state index in [2.05, 4.69) is 32.4 Å². The van der Waals surface area contributed by atoms with Crippen LogP contribution >= 0.6 is 0 Å². The molecule has 5 nitrogen and oxygen atoms in total. The molecule has 0 saturated heterocycles. The van der Waals surface area contributed by atoms with Gasteiger partial charge in [0.25, 0.3) is 0 Å². The molecular formula is C23H47NO4. The topological polar surface area (TPSA) is 66.4 Å².